The molecule has 1 atom stereocenters. The van der Waals surface area contributed by atoms with E-state index in [1.165, 1.54) is 25.9 Å². The highest BCUT2D eigenvalue weighted by Crippen LogP contribution is 2.03. The van der Waals surface area contributed by atoms with Gasteiger partial charge in [0.2, 0.25) is 0 Å². The maximum Gasteiger partial charge on any atom is 0.183 e. The first-order chi connectivity index (χ1) is 5.95. The van der Waals surface area contributed by atoms with Gasteiger partial charge in [-0.2, -0.15) is 0 Å². The summed E-state index contributed by atoms with van der Waals surface area (Å²) in [5.74, 6) is 0. The Balaban J connectivity index is 3.18. The van der Waals surface area contributed by atoms with Crippen LogP contribution in [0.5, 0.6) is 0 Å². The molecule has 1 unspecified atom stereocenters. The maximum atomic E-state index is 5.77. The van der Waals surface area contributed by atoms with Crippen molar-refractivity contribution in [3.05, 3.63) is 0 Å². The van der Waals surface area contributed by atoms with Crippen molar-refractivity contribution in [1.29, 1.82) is 0 Å². The summed E-state index contributed by atoms with van der Waals surface area (Å²) in [6, 6.07) is 0. The average Bonchev–Trinajstić information content (AvgIpc) is 2.01. The molecule has 3 heteroatoms. The summed E-state index contributed by atoms with van der Waals surface area (Å²) < 4.78 is 5.77. The van der Waals surface area contributed by atoms with Crippen LogP contribution in [0.4, 0.5) is 0 Å². The molecule has 0 rings (SSSR count). The lowest BCUT2D eigenvalue weighted by atomic mass is 10.3. The normalized spacial score (nSPS) is 14.5. The van der Waals surface area contributed by atoms with Crippen LogP contribution in [-0.4, -0.2) is 35.1 Å². The van der Waals surface area contributed by atoms with Crippen LogP contribution in [0.1, 0.15) is 19.8 Å². The lowest BCUT2D eigenvalue weighted by molar-refractivity contribution is -0.877. The highest BCUT2D eigenvalue weighted by atomic mass is 28.4. The van der Waals surface area contributed by atoms with Crippen molar-refractivity contribution in [3.8, 4) is 0 Å². The molecule has 0 saturated carbocycles. The van der Waals surface area contributed by atoms with Crippen LogP contribution >= 0.6 is 0 Å². The summed E-state index contributed by atoms with van der Waals surface area (Å²) in [7, 11) is 1.000. The van der Waals surface area contributed by atoms with Crippen LogP contribution in [-0.2, 0) is 4.43 Å². The molecule has 0 bridgehead atoms. The molecule has 0 aromatic heterocycles. The SMILES string of the molecule is CC[NH+](C)CCCCO[Si](C)(C)C. The van der Waals surface area contributed by atoms with Crippen LogP contribution < -0.4 is 4.90 Å². The molecule has 1 N–H and O–H groups in total. The average molecular weight is 204 g/mol. The highest BCUT2D eigenvalue weighted by Gasteiger charge is 2.13. The first kappa shape index (κ1) is 13.1. The molecule has 0 aliphatic heterocycles. The monoisotopic (exact) mass is 204 g/mol. The Hall–Kier alpha value is 0.137. The fourth-order valence-corrected chi connectivity index (χ4v) is 1.84. The summed E-state index contributed by atoms with van der Waals surface area (Å²) in [5.41, 5.74) is 0. The van der Waals surface area contributed by atoms with E-state index in [9.17, 15) is 0 Å². The fourth-order valence-electron chi connectivity index (χ4n) is 1.08. The zero-order valence-corrected chi connectivity index (χ0v) is 10.9. The third kappa shape index (κ3) is 10.1. The lowest BCUT2D eigenvalue weighted by Crippen LogP contribution is -3.08. The molecule has 0 aliphatic carbocycles. The Morgan fingerprint density at radius 3 is 2.23 bits per heavy atom. The molecule has 0 amide bonds. The summed E-state index contributed by atoms with van der Waals surface area (Å²) in [6.45, 7) is 12.4. The number of hydrogen-bond acceptors (Lipinski definition) is 1. The van der Waals surface area contributed by atoms with Crippen LogP contribution in [0.15, 0.2) is 0 Å². The van der Waals surface area contributed by atoms with Crippen molar-refractivity contribution in [1.82, 2.24) is 0 Å². The van der Waals surface area contributed by atoms with Crippen LogP contribution in [0.25, 0.3) is 0 Å². The van der Waals surface area contributed by atoms with E-state index in [-0.39, 0.29) is 0 Å². The van der Waals surface area contributed by atoms with Crippen LogP contribution in [0, 0.1) is 0 Å². The van der Waals surface area contributed by atoms with Crippen molar-refractivity contribution in [3.63, 3.8) is 0 Å². The van der Waals surface area contributed by atoms with Gasteiger partial charge < -0.3 is 9.33 Å². The first-order valence-electron chi connectivity index (χ1n) is 5.41. The standard InChI is InChI=1S/C10H25NOSi/c1-6-11(2)9-7-8-10-12-13(3,4)5/h6-10H2,1-5H3/p+1. The van der Waals surface area contributed by atoms with Gasteiger partial charge in [-0.1, -0.05) is 0 Å². The second-order valence-electron chi connectivity index (χ2n) is 4.73. The number of unbranched alkanes of at least 4 members (excludes halogenated alkanes) is 1. The van der Waals surface area contributed by atoms with Crippen molar-refractivity contribution >= 4 is 8.32 Å². The largest absolute Gasteiger partial charge is 0.418 e. The van der Waals surface area contributed by atoms with E-state index < -0.39 is 8.32 Å². The summed E-state index contributed by atoms with van der Waals surface area (Å²) >= 11 is 0. The smallest absolute Gasteiger partial charge is 0.183 e. The Kier molecular flexibility index (Phi) is 6.64. The minimum atomic E-state index is -1.25. The van der Waals surface area contributed by atoms with Crippen LogP contribution in [0.2, 0.25) is 19.6 Å². The first-order valence-corrected chi connectivity index (χ1v) is 8.82. The Morgan fingerprint density at radius 2 is 1.77 bits per heavy atom. The number of rotatable bonds is 7. The third-order valence-corrected chi connectivity index (χ3v) is 3.21. The topological polar surface area (TPSA) is 13.7 Å². The van der Waals surface area contributed by atoms with Gasteiger partial charge in [0.25, 0.3) is 0 Å². The number of quaternary nitrogens is 1. The quantitative estimate of drug-likeness (QED) is 0.485. The van der Waals surface area contributed by atoms with E-state index >= 15 is 0 Å². The zero-order valence-electron chi connectivity index (χ0n) is 9.94. The maximum absolute atomic E-state index is 5.77. The van der Waals surface area contributed by atoms with Gasteiger partial charge in [-0.15, -0.1) is 0 Å². The second kappa shape index (κ2) is 6.57. The Morgan fingerprint density at radius 1 is 1.15 bits per heavy atom. The number of nitrogens with one attached hydrogen (secondary N) is 1. The fraction of sp³-hybridized carbons (Fsp3) is 1.00. The van der Waals surface area contributed by atoms with E-state index in [1.54, 1.807) is 4.90 Å². The van der Waals surface area contributed by atoms with Crippen molar-refractivity contribution in [2.45, 2.75) is 39.4 Å². The zero-order chi connectivity index (χ0) is 10.3. The van der Waals surface area contributed by atoms with E-state index in [0.29, 0.717) is 0 Å². The van der Waals surface area contributed by atoms with E-state index in [4.69, 9.17) is 4.43 Å². The second-order valence-corrected chi connectivity index (χ2v) is 9.24. The molecular formula is C10H26NOSi+. The van der Waals surface area contributed by atoms with E-state index in [2.05, 4.69) is 33.6 Å². The van der Waals surface area contributed by atoms with Crippen molar-refractivity contribution in [2.75, 3.05) is 26.7 Å². The Labute approximate surface area is 84.4 Å². The summed E-state index contributed by atoms with van der Waals surface area (Å²) in [4.78, 5) is 1.62. The summed E-state index contributed by atoms with van der Waals surface area (Å²) in [5, 5.41) is 0. The van der Waals surface area contributed by atoms with Crippen molar-refractivity contribution < 1.29 is 9.33 Å². The molecule has 0 aromatic rings. The third-order valence-electron chi connectivity index (χ3n) is 2.14. The number of hydrogen-bond donors (Lipinski definition) is 1. The van der Waals surface area contributed by atoms with Crippen LogP contribution in [0.3, 0.4) is 0 Å². The molecule has 0 aromatic carbocycles. The van der Waals surface area contributed by atoms with E-state index in [0.717, 1.165) is 6.61 Å². The van der Waals surface area contributed by atoms with Gasteiger partial charge in [0.15, 0.2) is 8.32 Å². The molecule has 13 heavy (non-hydrogen) atoms. The molecule has 0 fully saturated rings. The van der Waals surface area contributed by atoms with Gasteiger partial charge in [0.1, 0.15) is 0 Å². The molecule has 0 aliphatic rings. The molecule has 2 nitrogen and oxygen atoms in total. The predicted molar refractivity (Wildman–Crippen MR) is 60.8 cm³/mol. The lowest BCUT2D eigenvalue weighted by Gasteiger charge is -2.17. The molecule has 0 heterocycles. The molecule has 0 spiro atoms. The molecular weight excluding hydrogens is 178 g/mol. The highest BCUT2D eigenvalue weighted by molar-refractivity contribution is 6.69. The van der Waals surface area contributed by atoms with Gasteiger partial charge in [-0.05, 0) is 39.4 Å². The van der Waals surface area contributed by atoms with Gasteiger partial charge >= 0.3 is 0 Å². The minimum Gasteiger partial charge on any atom is -0.418 e. The van der Waals surface area contributed by atoms with Gasteiger partial charge in [0, 0.05) is 6.61 Å². The van der Waals surface area contributed by atoms with Gasteiger partial charge in [0.05, 0.1) is 20.1 Å². The van der Waals surface area contributed by atoms with Gasteiger partial charge in [-0.3, -0.25) is 0 Å². The van der Waals surface area contributed by atoms with E-state index in [1.807, 2.05) is 0 Å². The Bertz CT molecular complexity index is 123. The predicted octanol–water partition coefficient (Wildman–Crippen LogP) is 1.15. The van der Waals surface area contributed by atoms with Crippen molar-refractivity contribution in [2.24, 2.45) is 0 Å². The molecule has 0 saturated heterocycles. The summed E-state index contributed by atoms with van der Waals surface area (Å²) in [6.07, 6.45) is 2.52. The minimum absolute atomic E-state index is 0.965. The van der Waals surface area contributed by atoms with Gasteiger partial charge in [-0.25, -0.2) is 0 Å². The molecule has 80 valence electrons. The molecule has 0 radical (unpaired) electrons.